The number of benzene rings is 1. The van der Waals surface area contributed by atoms with Crippen molar-refractivity contribution in [2.75, 3.05) is 11.1 Å². The second-order valence-corrected chi connectivity index (χ2v) is 4.86. The monoisotopic (exact) mass is 270 g/mol. The molecule has 0 amide bonds. The van der Waals surface area contributed by atoms with Gasteiger partial charge in [0, 0.05) is 18.0 Å². The van der Waals surface area contributed by atoms with Gasteiger partial charge in [-0.2, -0.15) is 0 Å². The smallest absolute Gasteiger partial charge is 0.311 e. The largest absolute Gasteiger partial charge is 0.378 e. The van der Waals surface area contributed by atoms with E-state index in [-0.39, 0.29) is 11.5 Å². The van der Waals surface area contributed by atoms with Gasteiger partial charge in [0.1, 0.15) is 5.82 Å². The van der Waals surface area contributed by atoms with Crippen molar-refractivity contribution < 1.29 is 4.92 Å². The van der Waals surface area contributed by atoms with Crippen LogP contribution in [0.5, 0.6) is 0 Å². The van der Waals surface area contributed by atoms with Crippen LogP contribution < -0.4 is 11.1 Å². The molecular weight excluding hydrogens is 256 g/mol. The quantitative estimate of drug-likeness (QED) is 0.657. The predicted octanol–water partition coefficient (Wildman–Crippen LogP) is 2.54. The third-order valence-electron chi connectivity index (χ3n) is 3.45. The maximum atomic E-state index is 10.7. The molecule has 2 unspecified atom stereocenters. The average molecular weight is 270 g/mol. The summed E-state index contributed by atoms with van der Waals surface area (Å²) in [5, 5.41) is 13.9. The fourth-order valence-electron chi connectivity index (χ4n) is 2.32. The number of aromatic nitrogens is 1. The molecule has 0 aliphatic heterocycles. The molecule has 102 valence electrons. The van der Waals surface area contributed by atoms with Gasteiger partial charge < -0.3 is 11.1 Å². The number of hydrogen-bond donors (Lipinski definition) is 2. The number of nitrogens with two attached hydrogens (primary N) is 1. The molecule has 1 heterocycles. The molecule has 3 N–H and O–H groups in total. The first-order valence-corrected chi connectivity index (χ1v) is 6.37. The summed E-state index contributed by atoms with van der Waals surface area (Å²) in [6.07, 6.45) is 1.03. The van der Waals surface area contributed by atoms with E-state index in [2.05, 4.69) is 22.4 Å². The van der Waals surface area contributed by atoms with Crippen LogP contribution in [0, 0.1) is 10.1 Å². The normalized spacial score (nSPS) is 20.4. The standard InChI is InChI=1S/C14H14N4O2/c15-14-12(18(19)20)6-7-13(17-14)16-11-8-10(11)9-4-2-1-3-5-9/h1-7,10-11H,8H2,(H3,15,16,17). The first-order valence-electron chi connectivity index (χ1n) is 6.37. The maximum Gasteiger partial charge on any atom is 0.311 e. The van der Waals surface area contributed by atoms with Crippen molar-refractivity contribution in [2.24, 2.45) is 0 Å². The van der Waals surface area contributed by atoms with Crippen molar-refractivity contribution in [3.63, 3.8) is 0 Å². The molecule has 2 aromatic rings. The molecule has 3 rings (SSSR count). The van der Waals surface area contributed by atoms with Gasteiger partial charge in [-0.3, -0.25) is 10.1 Å². The summed E-state index contributed by atoms with van der Waals surface area (Å²) in [6.45, 7) is 0. The molecule has 0 radical (unpaired) electrons. The van der Waals surface area contributed by atoms with E-state index < -0.39 is 4.92 Å². The second kappa shape index (κ2) is 4.80. The lowest BCUT2D eigenvalue weighted by molar-refractivity contribution is -0.384. The number of nitrogen functional groups attached to an aromatic ring is 1. The van der Waals surface area contributed by atoms with Crippen molar-refractivity contribution >= 4 is 17.3 Å². The van der Waals surface area contributed by atoms with Crippen LogP contribution in [0.1, 0.15) is 17.9 Å². The molecule has 1 fully saturated rings. The van der Waals surface area contributed by atoms with Crippen LogP contribution in [-0.4, -0.2) is 15.9 Å². The molecular formula is C14H14N4O2. The summed E-state index contributed by atoms with van der Waals surface area (Å²) in [5.74, 6) is 0.989. The molecule has 0 spiro atoms. The molecule has 1 aliphatic carbocycles. The van der Waals surface area contributed by atoms with Crippen molar-refractivity contribution in [2.45, 2.75) is 18.4 Å². The average Bonchev–Trinajstić information content (AvgIpc) is 3.18. The maximum absolute atomic E-state index is 10.7. The van der Waals surface area contributed by atoms with E-state index in [1.807, 2.05) is 18.2 Å². The number of rotatable bonds is 4. The van der Waals surface area contributed by atoms with Gasteiger partial charge in [0.25, 0.3) is 0 Å². The first kappa shape index (κ1) is 12.4. The highest BCUT2D eigenvalue weighted by molar-refractivity contribution is 5.58. The lowest BCUT2D eigenvalue weighted by Gasteiger charge is -2.06. The molecule has 2 atom stereocenters. The number of pyridine rings is 1. The Kier molecular flexibility index (Phi) is 2.98. The van der Waals surface area contributed by atoms with Gasteiger partial charge >= 0.3 is 5.69 Å². The van der Waals surface area contributed by atoms with Crippen molar-refractivity contribution in [3.05, 3.63) is 58.1 Å². The molecule has 1 aliphatic rings. The number of nitrogens with zero attached hydrogens (tertiary/aromatic N) is 2. The molecule has 0 bridgehead atoms. The summed E-state index contributed by atoms with van der Waals surface area (Å²) in [5.41, 5.74) is 6.70. The Morgan fingerprint density at radius 1 is 1.25 bits per heavy atom. The zero-order valence-corrected chi connectivity index (χ0v) is 10.7. The Morgan fingerprint density at radius 3 is 2.65 bits per heavy atom. The van der Waals surface area contributed by atoms with Crippen LogP contribution in [0.25, 0.3) is 0 Å². The van der Waals surface area contributed by atoms with E-state index in [0.29, 0.717) is 17.8 Å². The summed E-state index contributed by atoms with van der Waals surface area (Å²) in [6, 6.07) is 13.5. The van der Waals surface area contributed by atoms with E-state index in [1.165, 1.54) is 11.6 Å². The number of nitrogens with one attached hydrogen (secondary N) is 1. The fourth-order valence-corrected chi connectivity index (χ4v) is 2.32. The van der Waals surface area contributed by atoms with Gasteiger partial charge in [0.2, 0.25) is 5.82 Å². The van der Waals surface area contributed by atoms with Crippen LogP contribution in [0.3, 0.4) is 0 Å². The molecule has 6 nitrogen and oxygen atoms in total. The minimum atomic E-state index is -0.532. The highest BCUT2D eigenvalue weighted by atomic mass is 16.6. The minimum absolute atomic E-state index is 0.0584. The fraction of sp³-hybridized carbons (Fsp3) is 0.214. The third kappa shape index (κ3) is 2.40. The second-order valence-electron chi connectivity index (χ2n) is 4.86. The summed E-state index contributed by atoms with van der Waals surface area (Å²) in [7, 11) is 0. The lowest BCUT2D eigenvalue weighted by atomic mass is 10.1. The summed E-state index contributed by atoms with van der Waals surface area (Å²) >= 11 is 0. The van der Waals surface area contributed by atoms with E-state index >= 15 is 0 Å². The number of hydrogen-bond acceptors (Lipinski definition) is 5. The zero-order valence-electron chi connectivity index (χ0n) is 10.7. The van der Waals surface area contributed by atoms with Crippen molar-refractivity contribution in [1.29, 1.82) is 0 Å². The Morgan fingerprint density at radius 2 is 2.00 bits per heavy atom. The Balaban J connectivity index is 1.68. The molecule has 1 aromatic carbocycles. The van der Waals surface area contributed by atoms with Crippen LogP contribution in [0.4, 0.5) is 17.3 Å². The van der Waals surface area contributed by atoms with Crippen molar-refractivity contribution in [1.82, 2.24) is 4.98 Å². The lowest BCUT2D eigenvalue weighted by Crippen LogP contribution is -2.08. The predicted molar refractivity (Wildman–Crippen MR) is 76.5 cm³/mol. The topological polar surface area (TPSA) is 94.1 Å². The Bertz CT molecular complexity index is 645. The van der Waals surface area contributed by atoms with Gasteiger partial charge in [-0.15, -0.1) is 0 Å². The van der Waals surface area contributed by atoms with Crippen LogP contribution in [0.2, 0.25) is 0 Å². The van der Waals surface area contributed by atoms with Crippen LogP contribution in [-0.2, 0) is 0 Å². The van der Waals surface area contributed by atoms with E-state index in [9.17, 15) is 10.1 Å². The van der Waals surface area contributed by atoms with E-state index in [1.54, 1.807) is 6.07 Å². The number of anilines is 2. The highest BCUT2D eigenvalue weighted by Crippen LogP contribution is 2.42. The van der Waals surface area contributed by atoms with Crippen molar-refractivity contribution in [3.8, 4) is 0 Å². The highest BCUT2D eigenvalue weighted by Gasteiger charge is 2.38. The third-order valence-corrected chi connectivity index (χ3v) is 3.45. The summed E-state index contributed by atoms with van der Waals surface area (Å²) < 4.78 is 0. The zero-order chi connectivity index (χ0) is 14.1. The molecule has 20 heavy (non-hydrogen) atoms. The minimum Gasteiger partial charge on any atom is -0.378 e. The molecule has 1 aromatic heterocycles. The van der Waals surface area contributed by atoms with Gasteiger partial charge in [-0.25, -0.2) is 4.98 Å². The van der Waals surface area contributed by atoms with E-state index in [0.717, 1.165) is 6.42 Å². The van der Waals surface area contributed by atoms with Gasteiger partial charge in [-0.05, 0) is 18.1 Å². The van der Waals surface area contributed by atoms with Crippen LogP contribution in [0.15, 0.2) is 42.5 Å². The number of nitro groups is 1. The van der Waals surface area contributed by atoms with Gasteiger partial charge in [-0.1, -0.05) is 30.3 Å². The van der Waals surface area contributed by atoms with Gasteiger partial charge in [0.05, 0.1) is 4.92 Å². The van der Waals surface area contributed by atoms with Gasteiger partial charge in [0.15, 0.2) is 0 Å². The molecule has 0 saturated heterocycles. The van der Waals surface area contributed by atoms with E-state index in [4.69, 9.17) is 5.73 Å². The molecule has 1 saturated carbocycles. The molecule has 6 heteroatoms. The SMILES string of the molecule is Nc1nc(NC2CC2c2ccccc2)ccc1[N+](=O)[O-]. The summed E-state index contributed by atoms with van der Waals surface area (Å²) in [4.78, 5) is 14.2. The Hall–Kier alpha value is -2.63. The van der Waals surface area contributed by atoms with Crippen LogP contribution >= 0.6 is 0 Å². The Labute approximate surface area is 115 Å². The first-order chi connectivity index (χ1) is 9.65.